The molecule has 0 spiro atoms. The molecule has 1 amide bonds. The largest absolute Gasteiger partial charge is 0.505 e. The van der Waals surface area contributed by atoms with Gasteiger partial charge in [-0.15, -0.1) is 0 Å². The van der Waals surface area contributed by atoms with Crippen LogP contribution in [0.5, 0.6) is 5.75 Å². The van der Waals surface area contributed by atoms with Gasteiger partial charge in [0.15, 0.2) is 5.69 Å². The van der Waals surface area contributed by atoms with Crippen LogP contribution < -0.4 is 10.6 Å². The van der Waals surface area contributed by atoms with E-state index in [9.17, 15) is 9.90 Å². The third-order valence-electron chi connectivity index (χ3n) is 2.50. The first-order valence-corrected chi connectivity index (χ1v) is 5.52. The van der Waals surface area contributed by atoms with Crippen molar-refractivity contribution < 1.29 is 14.6 Å². The Morgan fingerprint density at radius 3 is 3.29 bits per heavy atom. The Balaban J connectivity index is 1.87. The van der Waals surface area contributed by atoms with Crippen LogP contribution in [0.3, 0.4) is 0 Å². The average molecular weight is 237 g/mol. The highest BCUT2D eigenvalue weighted by molar-refractivity contribution is 5.94. The van der Waals surface area contributed by atoms with E-state index in [-0.39, 0.29) is 17.5 Å². The monoisotopic (exact) mass is 237 g/mol. The Bertz CT molecular complexity index is 391. The third kappa shape index (κ3) is 3.15. The number of amides is 1. The second-order valence-electron chi connectivity index (χ2n) is 3.78. The van der Waals surface area contributed by atoms with E-state index >= 15 is 0 Å². The lowest BCUT2D eigenvalue weighted by Gasteiger charge is -2.23. The van der Waals surface area contributed by atoms with Crippen molar-refractivity contribution in [3.8, 4) is 5.75 Å². The molecule has 6 heteroatoms. The first-order chi connectivity index (χ1) is 8.27. The maximum Gasteiger partial charge on any atom is 0.273 e. The lowest BCUT2D eigenvalue weighted by Crippen LogP contribution is -2.45. The quantitative estimate of drug-likeness (QED) is 0.660. The van der Waals surface area contributed by atoms with Gasteiger partial charge in [-0.1, -0.05) is 0 Å². The zero-order chi connectivity index (χ0) is 12.1. The number of pyridine rings is 1. The predicted molar refractivity (Wildman–Crippen MR) is 60.8 cm³/mol. The summed E-state index contributed by atoms with van der Waals surface area (Å²) in [6, 6.07) is 3.00. The Morgan fingerprint density at radius 1 is 1.71 bits per heavy atom. The number of morpholine rings is 1. The highest BCUT2D eigenvalue weighted by Crippen LogP contribution is 2.11. The van der Waals surface area contributed by atoms with Gasteiger partial charge in [-0.3, -0.25) is 4.79 Å². The van der Waals surface area contributed by atoms with E-state index in [0.29, 0.717) is 19.7 Å². The average Bonchev–Trinajstić information content (AvgIpc) is 2.38. The molecule has 17 heavy (non-hydrogen) atoms. The van der Waals surface area contributed by atoms with E-state index in [4.69, 9.17) is 4.74 Å². The number of carbonyl (C=O) groups is 1. The van der Waals surface area contributed by atoms with Crippen molar-refractivity contribution in [1.29, 1.82) is 0 Å². The fourth-order valence-corrected chi connectivity index (χ4v) is 1.61. The summed E-state index contributed by atoms with van der Waals surface area (Å²) in [5.41, 5.74) is 0.0382. The molecule has 0 aromatic carbocycles. The first-order valence-electron chi connectivity index (χ1n) is 5.52. The van der Waals surface area contributed by atoms with Gasteiger partial charge >= 0.3 is 0 Å². The summed E-state index contributed by atoms with van der Waals surface area (Å²) in [6.45, 7) is 2.61. The number of rotatable bonds is 3. The molecular weight excluding hydrogens is 222 g/mol. The van der Waals surface area contributed by atoms with Crippen LogP contribution in [-0.2, 0) is 4.74 Å². The molecule has 1 aliphatic heterocycles. The summed E-state index contributed by atoms with van der Waals surface area (Å²) < 4.78 is 5.43. The highest BCUT2D eigenvalue weighted by Gasteiger charge is 2.16. The molecule has 2 heterocycles. The number of ether oxygens (including phenoxy) is 1. The van der Waals surface area contributed by atoms with E-state index in [1.54, 1.807) is 6.07 Å². The molecule has 1 aromatic heterocycles. The van der Waals surface area contributed by atoms with Gasteiger partial charge in [0.1, 0.15) is 5.75 Å². The fourth-order valence-electron chi connectivity index (χ4n) is 1.61. The maximum absolute atomic E-state index is 11.7. The molecule has 3 N–H and O–H groups in total. The molecule has 1 unspecified atom stereocenters. The molecule has 1 aromatic rings. The summed E-state index contributed by atoms with van der Waals surface area (Å²) in [5.74, 6) is -0.509. The van der Waals surface area contributed by atoms with Crippen molar-refractivity contribution in [2.75, 3.05) is 26.2 Å². The minimum atomic E-state index is -0.391. The van der Waals surface area contributed by atoms with Gasteiger partial charge in [0, 0.05) is 25.8 Å². The van der Waals surface area contributed by atoms with E-state index < -0.39 is 5.91 Å². The van der Waals surface area contributed by atoms with Crippen LogP contribution >= 0.6 is 0 Å². The van der Waals surface area contributed by atoms with Gasteiger partial charge in [-0.05, 0) is 12.1 Å². The summed E-state index contributed by atoms with van der Waals surface area (Å²) in [7, 11) is 0. The molecule has 0 radical (unpaired) electrons. The predicted octanol–water partition coefficient (Wildman–Crippen LogP) is -0.495. The highest BCUT2D eigenvalue weighted by atomic mass is 16.5. The molecule has 1 atom stereocenters. The smallest absolute Gasteiger partial charge is 0.273 e. The number of aromatic hydroxyl groups is 1. The van der Waals surface area contributed by atoms with Crippen LogP contribution in [0.15, 0.2) is 18.3 Å². The number of nitrogens with one attached hydrogen (secondary N) is 2. The van der Waals surface area contributed by atoms with Gasteiger partial charge < -0.3 is 20.5 Å². The van der Waals surface area contributed by atoms with E-state index in [1.807, 2.05) is 0 Å². The minimum Gasteiger partial charge on any atom is -0.505 e. The molecule has 92 valence electrons. The van der Waals surface area contributed by atoms with Gasteiger partial charge in [-0.2, -0.15) is 0 Å². The molecule has 0 saturated carbocycles. The van der Waals surface area contributed by atoms with Gasteiger partial charge in [0.2, 0.25) is 0 Å². The van der Waals surface area contributed by atoms with Crippen molar-refractivity contribution in [3.05, 3.63) is 24.0 Å². The van der Waals surface area contributed by atoms with Gasteiger partial charge in [-0.25, -0.2) is 4.98 Å². The molecule has 1 aliphatic rings. The maximum atomic E-state index is 11.7. The van der Waals surface area contributed by atoms with Gasteiger partial charge in [0.05, 0.1) is 12.7 Å². The van der Waals surface area contributed by atoms with E-state index in [1.165, 1.54) is 12.3 Å². The fraction of sp³-hybridized carbons (Fsp3) is 0.455. The summed E-state index contributed by atoms with van der Waals surface area (Å²) in [4.78, 5) is 15.5. The lowest BCUT2D eigenvalue weighted by molar-refractivity contribution is 0.0286. The lowest BCUT2D eigenvalue weighted by atomic mass is 10.2. The SMILES string of the molecule is O=C(NCC1CNCCO1)c1ncccc1O. The molecule has 1 saturated heterocycles. The van der Waals surface area contributed by atoms with Crippen LogP contribution in [0, 0.1) is 0 Å². The molecule has 6 nitrogen and oxygen atoms in total. The number of carbonyl (C=O) groups excluding carboxylic acids is 1. The number of nitrogens with zero attached hydrogens (tertiary/aromatic N) is 1. The molecule has 0 aliphatic carbocycles. The van der Waals surface area contributed by atoms with Gasteiger partial charge in [0.25, 0.3) is 5.91 Å². The van der Waals surface area contributed by atoms with Crippen molar-refractivity contribution in [2.45, 2.75) is 6.10 Å². The van der Waals surface area contributed by atoms with Crippen molar-refractivity contribution in [2.24, 2.45) is 0 Å². The number of aromatic nitrogens is 1. The Morgan fingerprint density at radius 2 is 2.59 bits per heavy atom. The van der Waals surface area contributed by atoms with Crippen LogP contribution in [-0.4, -0.2) is 48.3 Å². The number of hydrogen-bond donors (Lipinski definition) is 3. The summed E-state index contributed by atoms with van der Waals surface area (Å²) in [5, 5.41) is 15.3. The van der Waals surface area contributed by atoms with Crippen molar-refractivity contribution >= 4 is 5.91 Å². The summed E-state index contributed by atoms with van der Waals surface area (Å²) in [6.07, 6.45) is 1.44. The van der Waals surface area contributed by atoms with Crippen molar-refractivity contribution in [3.63, 3.8) is 0 Å². The number of hydrogen-bond acceptors (Lipinski definition) is 5. The molecule has 1 fully saturated rings. The Labute approximate surface area is 99.0 Å². The van der Waals surface area contributed by atoms with E-state index in [0.717, 1.165) is 6.54 Å². The molecule has 2 rings (SSSR count). The van der Waals surface area contributed by atoms with E-state index in [2.05, 4.69) is 15.6 Å². The zero-order valence-electron chi connectivity index (χ0n) is 9.35. The normalized spacial score (nSPS) is 19.9. The second kappa shape index (κ2) is 5.60. The van der Waals surface area contributed by atoms with Crippen LogP contribution in [0.2, 0.25) is 0 Å². The second-order valence-corrected chi connectivity index (χ2v) is 3.78. The van der Waals surface area contributed by atoms with Crippen LogP contribution in [0.25, 0.3) is 0 Å². The summed E-state index contributed by atoms with van der Waals surface area (Å²) >= 11 is 0. The minimum absolute atomic E-state index is 0.0291. The van der Waals surface area contributed by atoms with Crippen molar-refractivity contribution in [1.82, 2.24) is 15.6 Å². The topological polar surface area (TPSA) is 83.5 Å². The third-order valence-corrected chi connectivity index (χ3v) is 2.50. The molecule has 0 bridgehead atoms. The standard InChI is InChI=1S/C11H15N3O3/c15-9-2-1-3-13-10(9)11(16)14-7-8-6-12-4-5-17-8/h1-3,8,12,15H,4-7H2,(H,14,16). The first kappa shape index (κ1) is 11.8. The zero-order valence-corrected chi connectivity index (χ0v) is 9.35. The van der Waals surface area contributed by atoms with Crippen LogP contribution in [0.1, 0.15) is 10.5 Å². The molecular formula is C11H15N3O3. The Kier molecular flexibility index (Phi) is 3.89. The Hall–Kier alpha value is -1.66. The van der Waals surface area contributed by atoms with Crippen LogP contribution in [0.4, 0.5) is 0 Å².